The highest BCUT2D eigenvalue weighted by atomic mass is 32.2. The van der Waals surface area contributed by atoms with Crippen molar-refractivity contribution in [3.63, 3.8) is 0 Å². The van der Waals surface area contributed by atoms with E-state index in [0.717, 1.165) is 16.2 Å². The van der Waals surface area contributed by atoms with Crippen molar-refractivity contribution in [2.45, 2.75) is 37.5 Å². The highest BCUT2D eigenvalue weighted by Gasteiger charge is 2.13. The lowest BCUT2D eigenvalue weighted by molar-refractivity contribution is 0.301. The highest BCUT2D eigenvalue weighted by molar-refractivity contribution is 8.00. The summed E-state index contributed by atoms with van der Waals surface area (Å²) in [5, 5.41) is 12.9. The molecule has 8 heteroatoms. The summed E-state index contributed by atoms with van der Waals surface area (Å²) in [5.74, 6) is 1.31. The Hall–Kier alpha value is -3.05. The highest BCUT2D eigenvalue weighted by Crippen LogP contribution is 2.31. The monoisotopic (exact) mass is 408 g/mol. The predicted octanol–water partition coefficient (Wildman–Crippen LogP) is 4.80. The van der Waals surface area contributed by atoms with Gasteiger partial charge < -0.3 is 4.74 Å². The molecular weight excluding hydrogens is 384 g/mol. The minimum Gasteiger partial charge on any atom is -0.477 e. The Labute approximate surface area is 175 Å². The molecule has 7 nitrogen and oxygen atoms in total. The van der Waals surface area contributed by atoms with Gasteiger partial charge in [0.15, 0.2) is 0 Å². The van der Waals surface area contributed by atoms with Crippen LogP contribution in [0.1, 0.15) is 38.2 Å². The molecule has 0 atom stereocenters. The number of unbranched alkanes of at least 4 members (excludes halogenated alkanes) is 1. The van der Waals surface area contributed by atoms with Gasteiger partial charge >= 0.3 is 0 Å². The number of rotatable bonds is 9. The van der Waals surface area contributed by atoms with Crippen LogP contribution in [0.3, 0.4) is 0 Å². The number of nitriles is 1. The Balaban J connectivity index is 1.89. The number of nitrogens with one attached hydrogen (secondary N) is 1. The van der Waals surface area contributed by atoms with Crippen molar-refractivity contribution in [3.8, 4) is 23.2 Å². The summed E-state index contributed by atoms with van der Waals surface area (Å²) in [7, 11) is 1.87. The third kappa shape index (κ3) is 5.72. The molecule has 0 unspecified atom stereocenters. The standard InChI is InChI=1S/C21H24N6OS/c1-15(2)17-8-4-5-9-18(17)19-12-20(28-11-7-6-10-22)25-21(24-19)26-29-16-13-23-27(3)14-16/h4-5,8-9,12-15H,6-7,11H2,1-3H3,(H,24,25,26). The molecular formula is C21H24N6OS. The first kappa shape index (κ1) is 20.7. The molecule has 29 heavy (non-hydrogen) atoms. The van der Waals surface area contributed by atoms with Crippen LogP contribution in [0.5, 0.6) is 5.88 Å². The molecule has 3 aromatic rings. The topological polar surface area (TPSA) is 88.6 Å². The number of anilines is 1. The summed E-state index contributed by atoms with van der Waals surface area (Å²) in [5.41, 5.74) is 3.07. The van der Waals surface area contributed by atoms with Gasteiger partial charge in [-0.1, -0.05) is 38.1 Å². The zero-order valence-corrected chi connectivity index (χ0v) is 17.6. The second kappa shape index (κ2) is 9.94. The zero-order chi connectivity index (χ0) is 20.6. The lowest BCUT2D eigenvalue weighted by Gasteiger charge is -2.14. The van der Waals surface area contributed by atoms with Crippen LogP contribution in [0.15, 0.2) is 47.6 Å². The van der Waals surface area contributed by atoms with E-state index in [1.54, 1.807) is 10.9 Å². The molecule has 0 bridgehead atoms. The Morgan fingerprint density at radius 2 is 2.10 bits per heavy atom. The van der Waals surface area contributed by atoms with Gasteiger partial charge in [-0.25, -0.2) is 4.98 Å². The minimum absolute atomic E-state index is 0.363. The van der Waals surface area contributed by atoms with Crippen molar-refractivity contribution in [1.82, 2.24) is 19.7 Å². The number of aromatic nitrogens is 4. The molecule has 0 amide bonds. The molecule has 0 aliphatic carbocycles. The molecule has 0 aliphatic rings. The van der Waals surface area contributed by atoms with E-state index in [9.17, 15) is 0 Å². The van der Waals surface area contributed by atoms with Gasteiger partial charge in [0.1, 0.15) is 0 Å². The third-order valence-electron chi connectivity index (χ3n) is 4.19. The van der Waals surface area contributed by atoms with Crippen LogP contribution >= 0.6 is 11.9 Å². The van der Waals surface area contributed by atoms with Crippen LogP contribution in [0.25, 0.3) is 11.3 Å². The maximum atomic E-state index is 8.71. The van der Waals surface area contributed by atoms with Crippen molar-refractivity contribution in [1.29, 1.82) is 5.26 Å². The van der Waals surface area contributed by atoms with Crippen molar-refractivity contribution in [3.05, 3.63) is 48.3 Å². The van der Waals surface area contributed by atoms with Gasteiger partial charge in [-0.05, 0) is 29.9 Å². The van der Waals surface area contributed by atoms with Crippen LogP contribution in [0.2, 0.25) is 0 Å². The van der Waals surface area contributed by atoms with Crippen molar-refractivity contribution >= 4 is 17.9 Å². The Morgan fingerprint density at radius 3 is 2.83 bits per heavy atom. The largest absolute Gasteiger partial charge is 0.477 e. The van der Waals surface area contributed by atoms with E-state index in [2.05, 4.69) is 46.9 Å². The molecule has 1 N–H and O–H groups in total. The smallest absolute Gasteiger partial charge is 0.237 e. The number of nitrogens with zero attached hydrogens (tertiary/aromatic N) is 5. The molecule has 150 valence electrons. The van der Waals surface area contributed by atoms with E-state index >= 15 is 0 Å². The van der Waals surface area contributed by atoms with Gasteiger partial charge in [0.25, 0.3) is 0 Å². The number of benzene rings is 1. The zero-order valence-electron chi connectivity index (χ0n) is 16.8. The number of hydrogen-bond acceptors (Lipinski definition) is 7. The summed E-state index contributed by atoms with van der Waals surface area (Å²) in [6.45, 7) is 4.76. The first-order valence-electron chi connectivity index (χ1n) is 9.46. The van der Waals surface area contributed by atoms with E-state index in [0.29, 0.717) is 37.2 Å². The second-order valence-electron chi connectivity index (χ2n) is 6.82. The van der Waals surface area contributed by atoms with Crippen molar-refractivity contribution in [2.24, 2.45) is 7.05 Å². The van der Waals surface area contributed by atoms with Crippen LogP contribution < -0.4 is 9.46 Å². The van der Waals surface area contributed by atoms with E-state index in [4.69, 9.17) is 15.0 Å². The van der Waals surface area contributed by atoms with E-state index < -0.39 is 0 Å². The van der Waals surface area contributed by atoms with Gasteiger partial charge in [0.2, 0.25) is 11.8 Å². The Kier molecular flexibility index (Phi) is 7.09. The molecule has 1 aromatic carbocycles. The van der Waals surface area contributed by atoms with Gasteiger partial charge in [-0.15, -0.1) is 0 Å². The molecule has 0 spiro atoms. The fourth-order valence-electron chi connectivity index (χ4n) is 2.80. The van der Waals surface area contributed by atoms with Crippen LogP contribution in [-0.4, -0.2) is 26.4 Å². The van der Waals surface area contributed by atoms with Crippen molar-refractivity contribution < 1.29 is 4.74 Å². The lowest BCUT2D eigenvalue weighted by Crippen LogP contribution is -2.04. The summed E-state index contributed by atoms with van der Waals surface area (Å²) >= 11 is 1.39. The second-order valence-corrected chi connectivity index (χ2v) is 7.70. The first-order valence-corrected chi connectivity index (χ1v) is 10.3. The van der Waals surface area contributed by atoms with Gasteiger partial charge in [-0.2, -0.15) is 15.3 Å². The van der Waals surface area contributed by atoms with Gasteiger partial charge in [0, 0.05) is 31.3 Å². The number of aryl methyl sites for hydroxylation is 1. The lowest BCUT2D eigenvalue weighted by atomic mass is 9.95. The molecule has 0 aliphatic heterocycles. The molecule has 0 saturated heterocycles. The maximum Gasteiger partial charge on any atom is 0.237 e. The summed E-state index contributed by atoms with van der Waals surface area (Å²) < 4.78 is 10.7. The molecule has 3 rings (SSSR count). The number of ether oxygens (including phenoxy) is 1. The average Bonchev–Trinajstić information content (AvgIpc) is 3.15. The van der Waals surface area contributed by atoms with E-state index in [1.807, 2.05) is 31.4 Å². The molecule has 2 aromatic heterocycles. The third-order valence-corrected chi connectivity index (χ3v) is 4.92. The first-order chi connectivity index (χ1) is 14.1. The van der Waals surface area contributed by atoms with Gasteiger partial charge in [0.05, 0.1) is 29.5 Å². The summed E-state index contributed by atoms with van der Waals surface area (Å²) in [6, 6.07) is 12.2. The summed E-state index contributed by atoms with van der Waals surface area (Å²) in [6.07, 6.45) is 4.80. The van der Waals surface area contributed by atoms with Crippen LogP contribution in [0, 0.1) is 11.3 Å². The van der Waals surface area contributed by atoms with Crippen LogP contribution in [0.4, 0.5) is 5.95 Å². The Bertz CT molecular complexity index is 995. The minimum atomic E-state index is 0.363. The van der Waals surface area contributed by atoms with E-state index in [-0.39, 0.29) is 0 Å². The maximum absolute atomic E-state index is 8.71. The van der Waals surface area contributed by atoms with E-state index in [1.165, 1.54) is 17.5 Å². The fraction of sp³-hybridized carbons (Fsp3) is 0.333. The predicted molar refractivity (Wildman–Crippen MR) is 115 cm³/mol. The molecule has 0 fully saturated rings. The van der Waals surface area contributed by atoms with Crippen molar-refractivity contribution in [2.75, 3.05) is 11.3 Å². The van der Waals surface area contributed by atoms with Gasteiger partial charge in [-0.3, -0.25) is 9.40 Å². The summed E-state index contributed by atoms with van der Waals surface area (Å²) in [4.78, 5) is 10.1. The quantitative estimate of drug-likeness (QED) is 0.402. The Morgan fingerprint density at radius 1 is 1.28 bits per heavy atom. The number of hydrogen-bond donors (Lipinski definition) is 1. The molecule has 2 heterocycles. The fourth-order valence-corrected chi connectivity index (χ4v) is 3.41. The van der Waals surface area contributed by atoms with Crippen LogP contribution in [-0.2, 0) is 7.05 Å². The molecule has 0 saturated carbocycles. The molecule has 0 radical (unpaired) electrons. The normalized spacial score (nSPS) is 10.7. The SMILES string of the molecule is CC(C)c1ccccc1-c1cc(OCCCC#N)nc(NSc2cnn(C)c2)n1. The average molecular weight is 409 g/mol.